The summed E-state index contributed by atoms with van der Waals surface area (Å²) < 4.78 is 26.2. The van der Waals surface area contributed by atoms with Gasteiger partial charge in [0.2, 0.25) is 21.1 Å². The van der Waals surface area contributed by atoms with Gasteiger partial charge in [0.15, 0.2) is 4.34 Å². The molecule has 1 amide bonds. The van der Waals surface area contributed by atoms with E-state index >= 15 is 0 Å². The van der Waals surface area contributed by atoms with Crippen molar-refractivity contribution in [1.29, 1.82) is 0 Å². The maximum atomic E-state index is 12.5. The Balaban J connectivity index is 2.26. The number of hydrogen-bond acceptors (Lipinski definition) is 7. The van der Waals surface area contributed by atoms with Crippen molar-refractivity contribution in [2.45, 2.75) is 24.2 Å². The highest BCUT2D eigenvalue weighted by molar-refractivity contribution is 8.01. The Kier molecular flexibility index (Phi) is 7.14. The number of thioether (sulfide) groups is 1. The molecule has 12 heteroatoms. The van der Waals surface area contributed by atoms with Crippen LogP contribution in [0.25, 0.3) is 0 Å². The topological polar surface area (TPSA) is 92.3 Å². The lowest BCUT2D eigenvalue weighted by Gasteiger charge is -2.28. The molecule has 0 aliphatic rings. The lowest BCUT2D eigenvalue weighted by Crippen LogP contribution is -2.45. The van der Waals surface area contributed by atoms with Crippen molar-refractivity contribution in [1.82, 2.24) is 10.2 Å². The van der Waals surface area contributed by atoms with Crippen LogP contribution in [-0.4, -0.2) is 42.6 Å². The molecule has 1 aromatic carbocycles. The van der Waals surface area contributed by atoms with E-state index < -0.39 is 22.0 Å². The summed E-state index contributed by atoms with van der Waals surface area (Å²) in [5.74, 6) is 0.295. The molecule has 1 aromatic heterocycles. The maximum absolute atomic E-state index is 12.5. The van der Waals surface area contributed by atoms with Gasteiger partial charge in [0.1, 0.15) is 6.04 Å². The summed E-state index contributed by atoms with van der Waals surface area (Å²) in [5, 5.41) is 11.2. The van der Waals surface area contributed by atoms with Crippen LogP contribution in [-0.2, 0) is 14.8 Å². The number of aromatic nitrogens is 2. The number of amides is 1. The second-order valence-electron chi connectivity index (χ2n) is 5.13. The smallest absolute Gasteiger partial charge is 0.249 e. The van der Waals surface area contributed by atoms with E-state index in [9.17, 15) is 13.2 Å². The van der Waals surface area contributed by atoms with Gasteiger partial charge in [0.05, 0.1) is 22.0 Å². The van der Waals surface area contributed by atoms with Crippen molar-refractivity contribution in [3.8, 4) is 0 Å². The zero-order valence-corrected chi connectivity index (χ0v) is 18.0. The number of nitrogens with zero attached hydrogens (tertiary/aromatic N) is 3. The van der Waals surface area contributed by atoms with Crippen molar-refractivity contribution in [2.75, 3.05) is 21.6 Å². The van der Waals surface area contributed by atoms with Crippen LogP contribution in [0.5, 0.6) is 0 Å². The predicted molar refractivity (Wildman–Crippen MR) is 108 cm³/mol. The lowest BCUT2D eigenvalue weighted by molar-refractivity contribution is -0.116. The number of carbonyl (C=O) groups excluding carboxylic acids is 1. The average Bonchev–Trinajstić information content (AvgIpc) is 2.97. The molecule has 1 N–H and O–H groups in total. The fourth-order valence-corrected chi connectivity index (χ4v) is 5.19. The third-order valence-corrected chi connectivity index (χ3v) is 6.99. The minimum atomic E-state index is -3.75. The van der Waals surface area contributed by atoms with Crippen molar-refractivity contribution < 1.29 is 13.2 Å². The Labute approximate surface area is 170 Å². The van der Waals surface area contributed by atoms with Gasteiger partial charge in [-0.05, 0) is 30.9 Å². The van der Waals surface area contributed by atoms with Gasteiger partial charge in [-0.3, -0.25) is 14.4 Å². The van der Waals surface area contributed by atoms with Gasteiger partial charge in [0, 0.05) is 0 Å². The predicted octanol–water partition coefficient (Wildman–Crippen LogP) is 3.75. The Hall–Kier alpha value is -1.07. The van der Waals surface area contributed by atoms with E-state index in [2.05, 4.69) is 15.5 Å². The molecule has 26 heavy (non-hydrogen) atoms. The van der Waals surface area contributed by atoms with Crippen LogP contribution in [0.15, 0.2) is 22.5 Å². The highest BCUT2D eigenvalue weighted by atomic mass is 35.5. The third-order valence-electron chi connectivity index (χ3n) is 3.15. The number of nitrogens with one attached hydrogen (secondary N) is 1. The van der Waals surface area contributed by atoms with Crippen LogP contribution in [0.2, 0.25) is 10.0 Å². The minimum Gasteiger partial charge on any atom is -0.299 e. The Bertz CT molecular complexity index is 905. The van der Waals surface area contributed by atoms with Crippen molar-refractivity contribution >= 4 is 73.0 Å². The van der Waals surface area contributed by atoms with Gasteiger partial charge in [-0.25, -0.2) is 8.42 Å². The van der Waals surface area contributed by atoms with Crippen LogP contribution in [0, 0.1) is 0 Å². The number of carbonyl (C=O) groups is 1. The highest BCUT2D eigenvalue weighted by Gasteiger charge is 2.30. The standard InChI is InChI=1S/C14H16Cl2N4O3S3/c1-4-24-14-19-18-13(25-14)17-12(21)8(2)20(26(3,22)23)9-5-6-10(15)11(16)7-9/h5-8H,4H2,1-3H3,(H,17,18,21)/t8-/m1/s1. The Morgan fingerprint density at radius 1 is 1.35 bits per heavy atom. The van der Waals surface area contributed by atoms with Crippen molar-refractivity contribution in [3.05, 3.63) is 28.2 Å². The monoisotopic (exact) mass is 454 g/mol. The SMILES string of the molecule is CCSc1nnc(NC(=O)[C@@H](C)N(c2ccc(Cl)c(Cl)c2)S(C)(=O)=O)s1. The first-order chi connectivity index (χ1) is 12.1. The number of rotatable bonds is 7. The molecule has 0 aliphatic carbocycles. The third kappa shape index (κ3) is 5.23. The maximum Gasteiger partial charge on any atom is 0.249 e. The van der Waals surface area contributed by atoms with Gasteiger partial charge >= 0.3 is 0 Å². The molecule has 142 valence electrons. The Morgan fingerprint density at radius 2 is 2.04 bits per heavy atom. The highest BCUT2D eigenvalue weighted by Crippen LogP contribution is 2.30. The van der Waals surface area contributed by atoms with Gasteiger partial charge < -0.3 is 0 Å². The summed E-state index contributed by atoms with van der Waals surface area (Å²) >= 11 is 14.6. The van der Waals surface area contributed by atoms with E-state index in [0.29, 0.717) is 5.13 Å². The molecule has 0 unspecified atom stereocenters. The second-order valence-corrected chi connectivity index (χ2v) is 10.3. The van der Waals surface area contributed by atoms with Gasteiger partial charge in [-0.2, -0.15) is 0 Å². The first-order valence-electron chi connectivity index (χ1n) is 7.35. The van der Waals surface area contributed by atoms with Crippen LogP contribution in [0.4, 0.5) is 10.8 Å². The summed E-state index contributed by atoms with van der Waals surface area (Å²) in [7, 11) is -3.75. The fraction of sp³-hybridized carbons (Fsp3) is 0.357. The Morgan fingerprint density at radius 3 is 2.62 bits per heavy atom. The van der Waals surface area contributed by atoms with Crippen LogP contribution in [0.3, 0.4) is 0 Å². The number of halogens is 2. The lowest BCUT2D eigenvalue weighted by atomic mass is 10.2. The van der Waals surface area contributed by atoms with Gasteiger partial charge in [0.25, 0.3) is 0 Å². The number of anilines is 2. The van der Waals surface area contributed by atoms with Crippen LogP contribution < -0.4 is 9.62 Å². The zero-order chi connectivity index (χ0) is 19.5. The molecular formula is C14H16Cl2N4O3S3. The first-order valence-corrected chi connectivity index (χ1v) is 11.8. The van der Waals surface area contributed by atoms with Crippen molar-refractivity contribution in [2.24, 2.45) is 0 Å². The van der Waals surface area contributed by atoms with E-state index in [4.69, 9.17) is 23.2 Å². The summed E-state index contributed by atoms with van der Waals surface area (Å²) in [6, 6.07) is 3.32. The van der Waals surface area contributed by atoms with E-state index in [1.54, 1.807) is 0 Å². The molecule has 0 saturated carbocycles. The van der Waals surface area contributed by atoms with Gasteiger partial charge in [-0.1, -0.05) is 53.2 Å². The molecule has 0 radical (unpaired) electrons. The van der Waals surface area contributed by atoms with Crippen molar-refractivity contribution in [3.63, 3.8) is 0 Å². The molecule has 1 atom stereocenters. The zero-order valence-electron chi connectivity index (χ0n) is 14.1. The molecule has 0 bridgehead atoms. The van der Waals surface area contributed by atoms with E-state index in [0.717, 1.165) is 20.7 Å². The largest absolute Gasteiger partial charge is 0.299 e. The summed E-state index contributed by atoms with van der Waals surface area (Å²) in [6.07, 6.45) is 1.01. The molecule has 0 spiro atoms. The normalized spacial score (nSPS) is 12.7. The summed E-state index contributed by atoms with van der Waals surface area (Å²) in [5.41, 5.74) is 0.240. The van der Waals surface area contributed by atoms with E-state index in [-0.39, 0.29) is 15.7 Å². The van der Waals surface area contributed by atoms with Crippen LogP contribution in [0.1, 0.15) is 13.8 Å². The number of hydrogen-bond donors (Lipinski definition) is 1. The number of sulfonamides is 1. The fourth-order valence-electron chi connectivity index (χ4n) is 2.08. The first kappa shape index (κ1) is 21.2. The second kappa shape index (κ2) is 8.75. The minimum absolute atomic E-state index is 0.191. The van der Waals surface area contributed by atoms with E-state index in [1.807, 2.05) is 6.92 Å². The van der Waals surface area contributed by atoms with Crippen LogP contribution >= 0.6 is 46.3 Å². The molecule has 2 rings (SSSR count). The summed E-state index contributed by atoms with van der Waals surface area (Å²) in [6.45, 7) is 3.45. The average molecular weight is 455 g/mol. The molecule has 0 saturated heterocycles. The molecule has 0 fully saturated rings. The summed E-state index contributed by atoms with van der Waals surface area (Å²) in [4.78, 5) is 12.5. The molecular weight excluding hydrogens is 439 g/mol. The number of benzene rings is 1. The van der Waals surface area contributed by atoms with Gasteiger partial charge in [-0.15, -0.1) is 10.2 Å². The quantitative estimate of drug-likeness (QED) is 0.505. The molecule has 7 nitrogen and oxygen atoms in total. The molecule has 2 aromatic rings. The van der Waals surface area contributed by atoms with E-state index in [1.165, 1.54) is 48.2 Å². The molecule has 1 heterocycles. The molecule has 0 aliphatic heterocycles.